The molecule has 12 nitrogen and oxygen atoms in total. The lowest BCUT2D eigenvalue weighted by Crippen LogP contribution is -2.25. The van der Waals surface area contributed by atoms with Gasteiger partial charge in [-0.25, -0.2) is 14.8 Å². The number of nitro groups is 1. The quantitative estimate of drug-likeness (QED) is 0.0997. The standard InChI is InChI=1S/C25H24N6O4S.C2HF3O2/c26-25-30-21(16-36-25)20-4-1-2-5-22(20)35-15-17-6-8-18(9-7-17)24(32)28-13-3-12-27-23-11-10-19(14-29-23)31(33)34;3-2(4,5)1(6)7/h1-2,4-11,14,16H,3,12-13,15H2,(H2,26,30)(H,27,29)(H,28,32);(H,6,7). The molecule has 0 aliphatic rings. The third kappa shape index (κ3) is 10.3. The molecule has 0 fully saturated rings. The number of carbonyl (C=O) groups excluding carboxylic acids is 1. The number of carboxylic acid groups (broad SMARTS) is 1. The van der Waals surface area contributed by atoms with Crippen LogP contribution >= 0.6 is 11.3 Å². The highest BCUT2D eigenvalue weighted by Gasteiger charge is 2.38. The number of nitrogens with two attached hydrogens (primary N) is 1. The summed E-state index contributed by atoms with van der Waals surface area (Å²) < 4.78 is 37.7. The van der Waals surface area contributed by atoms with Crippen molar-refractivity contribution in [1.29, 1.82) is 0 Å². The van der Waals surface area contributed by atoms with Crippen LogP contribution in [-0.4, -0.2) is 51.1 Å². The van der Waals surface area contributed by atoms with Crippen molar-refractivity contribution < 1.29 is 37.5 Å². The predicted molar refractivity (Wildman–Crippen MR) is 153 cm³/mol. The maximum absolute atomic E-state index is 12.4. The first-order valence-corrected chi connectivity index (χ1v) is 13.3. The van der Waals surface area contributed by atoms with Gasteiger partial charge in [0.25, 0.3) is 11.6 Å². The lowest BCUT2D eigenvalue weighted by molar-refractivity contribution is -0.385. The number of amides is 1. The van der Waals surface area contributed by atoms with E-state index in [0.29, 0.717) is 48.4 Å². The van der Waals surface area contributed by atoms with Crippen molar-refractivity contribution in [2.45, 2.75) is 19.2 Å². The Morgan fingerprint density at radius 1 is 1.07 bits per heavy atom. The predicted octanol–water partition coefficient (Wildman–Crippen LogP) is 5.14. The molecule has 2 heterocycles. The molecule has 16 heteroatoms. The number of aliphatic carboxylic acids is 1. The Bertz CT molecular complexity index is 1530. The Hall–Kier alpha value is -5.25. The molecule has 0 bridgehead atoms. The minimum absolute atomic E-state index is 0.0588. The summed E-state index contributed by atoms with van der Waals surface area (Å²) in [4.78, 5) is 39.8. The maximum Gasteiger partial charge on any atom is 0.490 e. The summed E-state index contributed by atoms with van der Waals surface area (Å²) in [5.74, 6) is -1.67. The zero-order chi connectivity index (χ0) is 31.4. The Morgan fingerprint density at radius 3 is 2.35 bits per heavy atom. The van der Waals surface area contributed by atoms with Crippen molar-refractivity contribution in [3.8, 4) is 17.0 Å². The first-order valence-electron chi connectivity index (χ1n) is 12.4. The second-order valence-corrected chi connectivity index (χ2v) is 9.44. The highest BCUT2D eigenvalue weighted by atomic mass is 32.1. The zero-order valence-corrected chi connectivity index (χ0v) is 23.0. The van der Waals surface area contributed by atoms with Crippen molar-refractivity contribution in [3.05, 3.63) is 93.5 Å². The van der Waals surface area contributed by atoms with E-state index in [1.54, 1.807) is 18.2 Å². The fraction of sp³-hybridized carbons (Fsp3) is 0.185. The SMILES string of the molecule is Nc1nc(-c2ccccc2OCc2ccc(C(=O)NCCCNc3ccc([N+](=O)[O-])cn3)cc2)cs1.O=C(O)C(F)(F)F. The number of alkyl halides is 3. The van der Waals surface area contributed by atoms with E-state index in [-0.39, 0.29) is 11.6 Å². The monoisotopic (exact) mass is 618 g/mol. The van der Waals surface area contributed by atoms with E-state index in [9.17, 15) is 28.1 Å². The minimum atomic E-state index is -5.08. The fourth-order valence-electron chi connectivity index (χ4n) is 3.34. The molecule has 4 rings (SSSR count). The number of hydrogen-bond donors (Lipinski definition) is 4. The number of carbonyl (C=O) groups is 2. The molecule has 2 aromatic carbocycles. The van der Waals surface area contributed by atoms with Crippen molar-refractivity contribution in [2.75, 3.05) is 24.1 Å². The minimum Gasteiger partial charge on any atom is -0.488 e. The fourth-order valence-corrected chi connectivity index (χ4v) is 3.90. The first-order chi connectivity index (χ1) is 20.4. The highest BCUT2D eigenvalue weighted by Crippen LogP contribution is 2.31. The van der Waals surface area contributed by atoms with Gasteiger partial charge in [0.1, 0.15) is 24.4 Å². The van der Waals surface area contributed by atoms with Crippen LogP contribution in [0, 0.1) is 10.1 Å². The number of nitrogens with one attached hydrogen (secondary N) is 2. The van der Waals surface area contributed by atoms with E-state index in [2.05, 4.69) is 20.6 Å². The van der Waals surface area contributed by atoms with Crippen LogP contribution < -0.4 is 21.1 Å². The smallest absolute Gasteiger partial charge is 0.488 e. The summed E-state index contributed by atoms with van der Waals surface area (Å²) >= 11 is 1.38. The number of thiazole rings is 1. The second kappa shape index (κ2) is 15.1. The van der Waals surface area contributed by atoms with E-state index in [0.717, 1.165) is 16.8 Å². The number of carboxylic acids is 1. The summed E-state index contributed by atoms with van der Waals surface area (Å²) in [5, 5.41) is 26.1. The van der Waals surface area contributed by atoms with Gasteiger partial charge in [-0.05, 0) is 42.3 Å². The molecule has 0 saturated carbocycles. The number of ether oxygens (including phenoxy) is 1. The number of para-hydroxylation sites is 1. The van der Waals surface area contributed by atoms with Gasteiger partial charge in [-0.1, -0.05) is 24.3 Å². The number of nitrogens with zero attached hydrogens (tertiary/aromatic N) is 3. The largest absolute Gasteiger partial charge is 0.490 e. The summed E-state index contributed by atoms with van der Waals surface area (Å²) in [6.07, 6.45) is -3.21. The van der Waals surface area contributed by atoms with Gasteiger partial charge in [-0.15, -0.1) is 11.3 Å². The Kier molecular flexibility index (Phi) is 11.3. The van der Waals surface area contributed by atoms with Gasteiger partial charge < -0.3 is 26.2 Å². The molecule has 0 aliphatic carbocycles. The molecule has 226 valence electrons. The summed E-state index contributed by atoms with van der Waals surface area (Å²) in [5.41, 5.74) is 8.84. The number of rotatable bonds is 11. The van der Waals surface area contributed by atoms with Crippen molar-refractivity contribution >= 4 is 39.9 Å². The van der Waals surface area contributed by atoms with E-state index in [1.165, 1.54) is 23.6 Å². The number of halogens is 3. The Labute approximate surface area is 246 Å². The van der Waals surface area contributed by atoms with Crippen molar-refractivity contribution in [1.82, 2.24) is 15.3 Å². The lowest BCUT2D eigenvalue weighted by atomic mass is 10.1. The molecule has 43 heavy (non-hydrogen) atoms. The van der Waals surface area contributed by atoms with Gasteiger partial charge in [0.05, 0.1) is 10.6 Å². The molecular formula is C27H25F3N6O6S. The summed E-state index contributed by atoms with van der Waals surface area (Å²) in [6.45, 7) is 1.39. The number of benzene rings is 2. The Balaban J connectivity index is 0.000000646. The number of pyridine rings is 1. The second-order valence-electron chi connectivity index (χ2n) is 8.55. The first kappa shape index (κ1) is 32.3. The molecule has 0 aliphatic heterocycles. The van der Waals surface area contributed by atoms with Crippen LogP contribution in [0.25, 0.3) is 11.3 Å². The van der Waals surface area contributed by atoms with Crippen LogP contribution in [0.15, 0.2) is 72.2 Å². The molecule has 1 amide bonds. The zero-order valence-electron chi connectivity index (χ0n) is 22.2. The molecule has 2 aromatic heterocycles. The summed E-state index contributed by atoms with van der Waals surface area (Å²) in [7, 11) is 0. The summed E-state index contributed by atoms with van der Waals surface area (Å²) in [6, 6.07) is 17.8. The van der Waals surface area contributed by atoms with Crippen LogP contribution in [0.2, 0.25) is 0 Å². The van der Waals surface area contributed by atoms with Gasteiger partial charge >= 0.3 is 12.1 Å². The van der Waals surface area contributed by atoms with Gasteiger partial charge in [0, 0.05) is 35.7 Å². The highest BCUT2D eigenvalue weighted by molar-refractivity contribution is 7.13. The number of aromatic nitrogens is 2. The van der Waals surface area contributed by atoms with Gasteiger partial charge in [-0.2, -0.15) is 13.2 Å². The lowest BCUT2D eigenvalue weighted by Gasteiger charge is -2.11. The van der Waals surface area contributed by atoms with Crippen molar-refractivity contribution in [3.63, 3.8) is 0 Å². The molecule has 0 atom stereocenters. The average molecular weight is 619 g/mol. The van der Waals surface area contributed by atoms with Crippen molar-refractivity contribution in [2.24, 2.45) is 0 Å². The molecule has 5 N–H and O–H groups in total. The number of anilines is 2. The average Bonchev–Trinajstić information content (AvgIpc) is 3.42. The van der Waals surface area contributed by atoms with Gasteiger partial charge in [0.15, 0.2) is 5.13 Å². The van der Waals surface area contributed by atoms with Gasteiger partial charge in [0.2, 0.25) is 0 Å². The van der Waals surface area contributed by atoms with E-state index < -0.39 is 17.1 Å². The number of hydrogen-bond acceptors (Lipinski definition) is 10. The van der Waals surface area contributed by atoms with E-state index in [4.69, 9.17) is 20.4 Å². The third-order valence-corrected chi connectivity index (χ3v) is 6.12. The molecule has 0 saturated heterocycles. The molecule has 4 aromatic rings. The van der Waals surface area contributed by atoms with Crippen LogP contribution in [0.5, 0.6) is 5.75 Å². The molecular weight excluding hydrogens is 593 g/mol. The normalized spacial score (nSPS) is 10.7. The van der Waals surface area contributed by atoms with Crippen LogP contribution in [0.1, 0.15) is 22.3 Å². The Morgan fingerprint density at radius 2 is 1.77 bits per heavy atom. The van der Waals surface area contributed by atoms with Gasteiger partial charge in [-0.3, -0.25) is 14.9 Å². The van der Waals surface area contributed by atoms with Crippen LogP contribution in [0.4, 0.5) is 29.8 Å². The third-order valence-electron chi connectivity index (χ3n) is 5.44. The molecule has 0 spiro atoms. The molecule has 0 unspecified atom stereocenters. The molecule has 0 radical (unpaired) electrons. The topological polar surface area (TPSA) is 183 Å². The van der Waals surface area contributed by atoms with E-state index >= 15 is 0 Å². The number of nitrogen functional groups attached to an aromatic ring is 1. The maximum atomic E-state index is 12.4. The van der Waals surface area contributed by atoms with E-state index in [1.807, 2.05) is 41.8 Å². The van der Waals surface area contributed by atoms with Crippen LogP contribution in [-0.2, 0) is 11.4 Å². The van der Waals surface area contributed by atoms with Crippen LogP contribution in [0.3, 0.4) is 0 Å².